The maximum Gasteiger partial charge on any atom is 0.130 e. The van der Waals surface area contributed by atoms with Crippen molar-refractivity contribution < 1.29 is 4.74 Å². The number of rotatable bonds is 0. The maximum absolute atomic E-state index is 5.49. The highest BCUT2D eigenvalue weighted by atomic mass is 16.6. The largest absolute Gasteiger partial charge is 0.359 e. The van der Waals surface area contributed by atoms with Crippen LogP contribution in [0.25, 0.3) is 0 Å². The Morgan fingerprint density at radius 3 is 3.00 bits per heavy atom. The van der Waals surface area contributed by atoms with Crippen LogP contribution in [0.15, 0.2) is 0 Å². The molecule has 0 aromatic heterocycles. The molecule has 1 aliphatic carbocycles. The second-order valence-corrected chi connectivity index (χ2v) is 3.43. The van der Waals surface area contributed by atoms with E-state index in [9.17, 15) is 0 Å². The molecule has 0 amide bonds. The normalized spacial score (nSPS) is 50.7. The van der Waals surface area contributed by atoms with E-state index in [0.29, 0.717) is 0 Å². The molecule has 1 aliphatic heterocycles. The van der Waals surface area contributed by atoms with Gasteiger partial charge in [-0.2, -0.15) is 0 Å². The van der Waals surface area contributed by atoms with Crippen LogP contribution in [0.5, 0.6) is 0 Å². The first-order chi connectivity index (χ1) is 4.23. The molecule has 0 bridgehead atoms. The Labute approximate surface area is 56.4 Å². The van der Waals surface area contributed by atoms with Gasteiger partial charge in [0, 0.05) is 0 Å². The molecule has 9 heavy (non-hydrogen) atoms. The van der Waals surface area contributed by atoms with Crippen molar-refractivity contribution in [2.45, 2.75) is 38.7 Å². The molecule has 2 fully saturated rings. The fourth-order valence-electron chi connectivity index (χ4n) is 1.75. The zero-order chi connectivity index (χ0) is 6.48. The Morgan fingerprint density at radius 1 is 1.67 bits per heavy atom. The van der Waals surface area contributed by atoms with Crippen molar-refractivity contribution in [3.63, 3.8) is 0 Å². The SMILES string of the molecule is CC1CCC[C]2OC21C. The lowest BCUT2D eigenvalue weighted by Gasteiger charge is -2.19. The maximum atomic E-state index is 5.49. The van der Waals surface area contributed by atoms with Gasteiger partial charge in [0.1, 0.15) is 11.7 Å². The summed E-state index contributed by atoms with van der Waals surface area (Å²) in [6, 6.07) is 0. The molecule has 2 aliphatic rings. The van der Waals surface area contributed by atoms with Gasteiger partial charge in [-0.3, -0.25) is 0 Å². The molecular weight excluding hydrogens is 112 g/mol. The molecule has 1 heterocycles. The van der Waals surface area contributed by atoms with Crippen LogP contribution in [0.1, 0.15) is 33.1 Å². The molecule has 0 spiro atoms. The Kier molecular flexibility index (Phi) is 0.963. The molecule has 1 nitrogen and oxygen atoms in total. The zero-order valence-electron chi connectivity index (χ0n) is 6.11. The Morgan fingerprint density at radius 2 is 2.44 bits per heavy atom. The van der Waals surface area contributed by atoms with Crippen LogP contribution in [-0.4, -0.2) is 5.60 Å². The Bertz CT molecular complexity index is 133. The van der Waals surface area contributed by atoms with Gasteiger partial charge in [0.05, 0.1) is 0 Å². The first kappa shape index (κ1) is 5.72. The highest BCUT2D eigenvalue weighted by Gasteiger charge is 2.58. The average Bonchev–Trinajstić information content (AvgIpc) is 2.44. The van der Waals surface area contributed by atoms with E-state index < -0.39 is 0 Å². The smallest absolute Gasteiger partial charge is 0.130 e. The van der Waals surface area contributed by atoms with Crippen molar-refractivity contribution in [1.82, 2.24) is 0 Å². The van der Waals surface area contributed by atoms with Gasteiger partial charge in [0.15, 0.2) is 0 Å². The Hall–Kier alpha value is -0.0400. The molecule has 1 heteroatoms. The molecule has 2 atom stereocenters. The second kappa shape index (κ2) is 1.51. The summed E-state index contributed by atoms with van der Waals surface area (Å²) in [4.78, 5) is 0. The lowest BCUT2D eigenvalue weighted by atomic mass is 9.82. The summed E-state index contributed by atoms with van der Waals surface area (Å²) in [7, 11) is 0. The standard InChI is InChI=1S/C8H13O/c1-6-4-3-5-7-8(6,2)9-7/h6H,3-5H2,1-2H3. The number of hydrogen-bond donors (Lipinski definition) is 0. The fourth-order valence-corrected chi connectivity index (χ4v) is 1.75. The summed E-state index contributed by atoms with van der Waals surface area (Å²) in [5.74, 6) is 0.765. The minimum atomic E-state index is 0.220. The van der Waals surface area contributed by atoms with E-state index in [4.69, 9.17) is 4.74 Å². The van der Waals surface area contributed by atoms with E-state index in [1.807, 2.05) is 0 Å². The molecule has 1 saturated carbocycles. The van der Waals surface area contributed by atoms with Gasteiger partial charge in [-0.05, 0) is 32.1 Å². The zero-order valence-corrected chi connectivity index (χ0v) is 6.11. The molecular formula is C8H13O. The third kappa shape index (κ3) is 0.644. The van der Waals surface area contributed by atoms with Crippen molar-refractivity contribution in [3.8, 4) is 0 Å². The first-order valence-electron chi connectivity index (χ1n) is 3.79. The molecule has 2 unspecified atom stereocenters. The number of epoxide rings is 1. The number of fused-ring (bicyclic) bond motifs is 1. The summed E-state index contributed by atoms with van der Waals surface area (Å²) in [5, 5.41) is 0. The third-order valence-corrected chi connectivity index (χ3v) is 2.83. The topological polar surface area (TPSA) is 12.5 Å². The van der Waals surface area contributed by atoms with Crippen molar-refractivity contribution in [2.75, 3.05) is 0 Å². The van der Waals surface area contributed by atoms with Gasteiger partial charge in [-0.15, -0.1) is 0 Å². The molecule has 0 aromatic rings. The van der Waals surface area contributed by atoms with Crippen LogP contribution in [-0.2, 0) is 4.74 Å². The van der Waals surface area contributed by atoms with Crippen molar-refractivity contribution >= 4 is 0 Å². The van der Waals surface area contributed by atoms with Crippen molar-refractivity contribution in [1.29, 1.82) is 0 Å². The first-order valence-corrected chi connectivity index (χ1v) is 3.79. The average molecular weight is 125 g/mol. The third-order valence-electron chi connectivity index (χ3n) is 2.83. The van der Waals surface area contributed by atoms with Crippen LogP contribution >= 0.6 is 0 Å². The second-order valence-electron chi connectivity index (χ2n) is 3.43. The van der Waals surface area contributed by atoms with Crippen LogP contribution in [0.4, 0.5) is 0 Å². The molecule has 0 aromatic carbocycles. The van der Waals surface area contributed by atoms with Crippen LogP contribution in [0, 0.1) is 12.0 Å². The quantitative estimate of drug-likeness (QED) is 0.452. The summed E-state index contributed by atoms with van der Waals surface area (Å²) in [5.41, 5.74) is 0.220. The Balaban J connectivity index is 2.10. The van der Waals surface area contributed by atoms with Gasteiger partial charge in [-0.1, -0.05) is 6.92 Å². The molecule has 0 N–H and O–H groups in total. The summed E-state index contributed by atoms with van der Waals surface area (Å²) in [6.45, 7) is 4.50. The minimum absolute atomic E-state index is 0.220. The van der Waals surface area contributed by atoms with Gasteiger partial charge in [-0.25, -0.2) is 0 Å². The lowest BCUT2D eigenvalue weighted by molar-refractivity contribution is 0.242. The van der Waals surface area contributed by atoms with Gasteiger partial charge in [0.2, 0.25) is 0 Å². The van der Waals surface area contributed by atoms with Crippen molar-refractivity contribution in [2.24, 2.45) is 5.92 Å². The highest BCUT2D eigenvalue weighted by Crippen LogP contribution is 2.56. The highest BCUT2D eigenvalue weighted by molar-refractivity contribution is 5.19. The van der Waals surface area contributed by atoms with Crippen molar-refractivity contribution in [3.05, 3.63) is 6.10 Å². The van der Waals surface area contributed by atoms with E-state index in [2.05, 4.69) is 13.8 Å². The van der Waals surface area contributed by atoms with Gasteiger partial charge < -0.3 is 4.74 Å². The lowest BCUT2D eigenvalue weighted by Crippen LogP contribution is -2.21. The van der Waals surface area contributed by atoms with E-state index in [1.165, 1.54) is 25.4 Å². The predicted molar refractivity (Wildman–Crippen MR) is 35.7 cm³/mol. The van der Waals surface area contributed by atoms with E-state index in [1.54, 1.807) is 0 Å². The predicted octanol–water partition coefficient (Wildman–Crippen LogP) is 2.13. The summed E-state index contributed by atoms with van der Waals surface area (Å²) < 4.78 is 5.49. The van der Waals surface area contributed by atoms with Crippen LogP contribution < -0.4 is 0 Å². The minimum Gasteiger partial charge on any atom is -0.359 e. The van der Waals surface area contributed by atoms with E-state index in [0.717, 1.165) is 5.92 Å². The fraction of sp³-hybridized carbons (Fsp3) is 0.875. The molecule has 51 valence electrons. The molecule has 1 radical (unpaired) electrons. The summed E-state index contributed by atoms with van der Waals surface area (Å²) in [6.07, 6.45) is 5.27. The molecule has 1 saturated heterocycles. The van der Waals surface area contributed by atoms with E-state index >= 15 is 0 Å². The monoisotopic (exact) mass is 125 g/mol. The summed E-state index contributed by atoms with van der Waals surface area (Å²) >= 11 is 0. The number of ether oxygens (including phenoxy) is 1. The van der Waals surface area contributed by atoms with E-state index in [-0.39, 0.29) is 5.60 Å². The van der Waals surface area contributed by atoms with Crippen LogP contribution in [0.2, 0.25) is 0 Å². The van der Waals surface area contributed by atoms with Gasteiger partial charge >= 0.3 is 0 Å². The number of hydrogen-bond acceptors (Lipinski definition) is 1. The van der Waals surface area contributed by atoms with Gasteiger partial charge in [0.25, 0.3) is 0 Å². The molecule has 2 rings (SSSR count). The van der Waals surface area contributed by atoms with Crippen LogP contribution in [0.3, 0.4) is 0 Å².